The predicted octanol–water partition coefficient (Wildman–Crippen LogP) is 0.713. The first-order valence-electron chi connectivity index (χ1n) is 6.54. The quantitative estimate of drug-likeness (QED) is 0.719. The minimum atomic E-state index is -3.36. The van der Waals surface area contributed by atoms with Crippen LogP contribution in [0.15, 0.2) is 0 Å². The highest BCUT2D eigenvalue weighted by Gasteiger charge is 2.30. The van der Waals surface area contributed by atoms with Crippen LogP contribution in [-0.2, 0) is 19.4 Å². The Balaban J connectivity index is 2.39. The molecule has 1 atom stereocenters. The molecule has 1 fully saturated rings. The lowest BCUT2D eigenvalue weighted by Crippen LogP contribution is -2.39. The average molecular weight is 291 g/mol. The molecule has 1 rings (SSSR count). The van der Waals surface area contributed by atoms with Crippen LogP contribution >= 0.6 is 0 Å². The van der Waals surface area contributed by atoms with Gasteiger partial charge in [0.1, 0.15) is 5.75 Å². The van der Waals surface area contributed by atoms with Gasteiger partial charge in [0.05, 0.1) is 5.25 Å². The van der Waals surface area contributed by atoms with Gasteiger partial charge in [0.25, 0.3) is 0 Å². The van der Waals surface area contributed by atoms with Crippen LogP contribution < -0.4 is 5.32 Å². The Labute approximate surface area is 113 Å². The summed E-state index contributed by atoms with van der Waals surface area (Å²) in [4.78, 5) is 22.0. The molecule has 6 nitrogen and oxygen atoms in total. The Morgan fingerprint density at radius 1 is 1.32 bits per heavy atom. The molecule has 0 radical (unpaired) electrons. The summed E-state index contributed by atoms with van der Waals surface area (Å²) in [5, 5.41) is 10.7. The smallest absolute Gasteiger partial charge is 0.303 e. The molecule has 19 heavy (non-hydrogen) atoms. The van der Waals surface area contributed by atoms with Crippen LogP contribution in [-0.4, -0.2) is 42.4 Å². The summed E-state index contributed by atoms with van der Waals surface area (Å²) in [5.74, 6) is -1.96. The first kappa shape index (κ1) is 15.9. The standard InChI is InChI=1S/C12H21NO5S/c1-9(6-7-12(15)16)13-11(14)8-19(17,18)10-4-2-3-5-10/h9-10H,2-8H2,1H3,(H,13,14)(H,15,16). The van der Waals surface area contributed by atoms with Crippen LogP contribution in [0.4, 0.5) is 0 Å². The van der Waals surface area contributed by atoms with E-state index in [1.165, 1.54) is 0 Å². The average Bonchev–Trinajstić information content (AvgIpc) is 2.79. The second kappa shape index (κ2) is 6.88. The van der Waals surface area contributed by atoms with E-state index in [4.69, 9.17) is 5.11 Å². The van der Waals surface area contributed by atoms with Crippen molar-refractivity contribution in [1.82, 2.24) is 5.32 Å². The summed E-state index contributed by atoms with van der Waals surface area (Å²) < 4.78 is 23.9. The van der Waals surface area contributed by atoms with Crippen molar-refractivity contribution in [3.63, 3.8) is 0 Å². The van der Waals surface area contributed by atoms with E-state index >= 15 is 0 Å². The summed E-state index contributed by atoms with van der Waals surface area (Å²) in [6, 6.07) is -0.331. The van der Waals surface area contributed by atoms with Gasteiger partial charge in [-0.2, -0.15) is 0 Å². The fraction of sp³-hybridized carbons (Fsp3) is 0.833. The van der Waals surface area contributed by atoms with Crippen molar-refractivity contribution in [1.29, 1.82) is 0 Å². The van der Waals surface area contributed by atoms with Gasteiger partial charge in [-0.25, -0.2) is 8.42 Å². The first-order valence-corrected chi connectivity index (χ1v) is 8.25. The SMILES string of the molecule is CC(CCC(=O)O)NC(=O)CS(=O)(=O)C1CCCC1. The lowest BCUT2D eigenvalue weighted by atomic mass is 10.2. The summed E-state index contributed by atoms with van der Waals surface area (Å²) in [6.45, 7) is 1.67. The fourth-order valence-corrected chi connectivity index (χ4v) is 4.01. The molecule has 1 aliphatic carbocycles. The van der Waals surface area contributed by atoms with Gasteiger partial charge in [0.15, 0.2) is 9.84 Å². The lowest BCUT2D eigenvalue weighted by molar-refractivity contribution is -0.137. The third kappa shape index (κ3) is 5.59. The number of carboxylic acid groups (broad SMARTS) is 1. The molecule has 2 N–H and O–H groups in total. The normalized spacial score (nSPS) is 18.2. The Hall–Kier alpha value is -1.11. The number of carbonyl (C=O) groups excluding carboxylic acids is 1. The maximum atomic E-state index is 11.9. The van der Waals surface area contributed by atoms with E-state index in [1.807, 2.05) is 0 Å². The molecule has 0 heterocycles. The summed E-state index contributed by atoms with van der Waals surface area (Å²) in [5.41, 5.74) is 0. The Morgan fingerprint density at radius 2 is 1.89 bits per heavy atom. The van der Waals surface area contributed by atoms with Crippen LogP contribution in [0, 0.1) is 0 Å². The van der Waals surface area contributed by atoms with Crippen molar-refractivity contribution < 1.29 is 23.1 Å². The van der Waals surface area contributed by atoms with Crippen LogP contribution in [0.3, 0.4) is 0 Å². The third-order valence-corrected chi connectivity index (χ3v) is 5.49. The number of hydrogen-bond acceptors (Lipinski definition) is 4. The number of nitrogens with one attached hydrogen (secondary N) is 1. The van der Waals surface area contributed by atoms with Crippen molar-refractivity contribution in [2.24, 2.45) is 0 Å². The van der Waals surface area contributed by atoms with Crippen molar-refractivity contribution in [2.45, 2.75) is 56.7 Å². The van der Waals surface area contributed by atoms with E-state index in [2.05, 4.69) is 5.32 Å². The Morgan fingerprint density at radius 3 is 2.42 bits per heavy atom. The van der Waals surface area contributed by atoms with E-state index in [-0.39, 0.29) is 17.7 Å². The molecule has 0 spiro atoms. The minimum Gasteiger partial charge on any atom is -0.481 e. The molecule has 0 saturated heterocycles. The number of hydrogen-bond donors (Lipinski definition) is 2. The maximum absolute atomic E-state index is 11.9. The summed E-state index contributed by atoms with van der Waals surface area (Å²) in [7, 11) is -3.36. The maximum Gasteiger partial charge on any atom is 0.303 e. The molecule has 110 valence electrons. The zero-order valence-corrected chi connectivity index (χ0v) is 11.9. The number of sulfone groups is 1. The molecule has 0 bridgehead atoms. The molecule has 1 saturated carbocycles. The van der Waals surface area contributed by atoms with E-state index in [0.717, 1.165) is 12.8 Å². The van der Waals surface area contributed by atoms with Gasteiger partial charge in [-0.15, -0.1) is 0 Å². The topological polar surface area (TPSA) is 101 Å². The second-order valence-corrected chi connectivity index (χ2v) is 7.40. The summed E-state index contributed by atoms with van der Waals surface area (Å²) in [6.07, 6.45) is 3.34. The zero-order chi connectivity index (χ0) is 14.5. The van der Waals surface area contributed by atoms with E-state index in [0.29, 0.717) is 19.3 Å². The van der Waals surface area contributed by atoms with Gasteiger partial charge in [0.2, 0.25) is 5.91 Å². The highest BCUT2D eigenvalue weighted by atomic mass is 32.2. The van der Waals surface area contributed by atoms with Gasteiger partial charge in [-0.1, -0.05) is 12.8 Å². The molecular formula is C12H21NO5S. The van der Waals surface area contributed by atoms with Gasteiger partial charge >= 0.3 is 5.97 Å². The molecule has 7 heteroatoms. The van der Waals surface area contributed by atoms with Crippen LogP contribution in [0.25, 0.3) is 0 Å². The number of carboxylic acids is 1. The lowest BCUT2D eigenvalue weighted by Gasteiger charge is -2.15. The molecular weight excluding hydrogens is 270 g/mol. The van der Waals surface area contributed by atoms with Crippen LogP contribution in [0.2, 0.25) is 0 Å². The molecule has 1 amide bonds. The van der Waals surface area contributed by atoms with Crippen molar-refractivity contribution >= 4 is 21.7 Å². The van der Waals surface area contributed by atoms with Gasteiger partial charge in [-0.05, 0) is 26.2 Å². The highest BCUT2D eigenvalue weighted by molar-refractivity contribution is 7.92. The highest BCUT2D eigenvalue weighted by Crippen LogP contribution is 2.25. The van der Waals surface area contributed by atoms with Gasteiger partial charge < -0.3 is 10.4 Å². The zero-order valence-electron chi connectivity index (χ0n) is 11.1. The van der Waals surface area contributed by atoms with Gasteiger partial charge in [0, 0.05) is 12.5 Å². The first-order chi connectivity index (χ1) is 8.81. The second-order valence-electron chi connectivity index (χ2n) is 5.11. The monoisotopic (exact) mass is 291 g/mol. The van der Waals surface area contributed by atoms with E-state index in [1.54, 1.807) is 6.92 Å². The van der Waals surface area contributed by atoms with E-state index < -0.39 is 27.5 Å². The number of aliphatic carboxylic acids is 1. The minimum absolute atomic E-state index is 0.0448. The Bertz CT molecular complexity index is 425. The van der Waals surface area contributed by atoms with E-state index in [9.17, 15) is 18.0 Å². The number of rotatable bonds is 7. The predicted molar refractivity (Wildman–Crippen MR) is 70.5 cm³/mol. The van der Waals surface area contributed by atoms with Gasteiger partial charge in [-0.3, -0.25) is 9.59 Å². The van der Waals surface area contributed by atoms with Crippen LogP contribution in [0.1, 0.15) is 45.4 Å². The number of amides is 1. The molecule has 1 unspecified atom stereocenters. The van der Waals surface area contributed by atoms with Crippen molar-refractivity contribution in [3.8, 4) is 0 Å². The fourth-order valence-electron chi connectivity index (χ4n) is 2.28. The molecule has 1 aliphatic rings. The molecule has 0 aliphatic heterocycles. The molecule has 0 aromatic rings. The largest absolute Gasteiger partial charge is 0.481 e. The number of carbonyl (C=O) groups is 2. The summed E-state index contributed by atoms with van der Waals surface area (Å²) >= 11 is 0. The molecule has 0 aromatic heterocycles. The van der Waals surface area contributed by atoms with Crippen LogP contribution in [0.5, 0.6) is 0 Å². The van der Waals surface area contributed by atoms with Crippen molar-refractivity contribution in [3.05, 3.63) is 0 Å². The molecule has 0 aromatic carbocycles. The Kier molecular flexibility index (Phi) is 5.78. The van der Waals surface area contributed by atoms with Crippen molar-refractivity contribution in [2.75, 3.05) is 5.75 Å². The third-order valence-electron chi connectivity index (χ3n) is 3.34.